The first-order chi connectivity index (χ1) is 9.48. The van der Waals surface area contributed by atoms with Gasteiger partial charge >= 0.3 is 5.97 Å². The number of hydrogen-bond donors (Lipinski definition) is 0. The third kappa shape index (κ3) is 1.72. The van der Waals surface area contributed by atoms with E-state index >= 15 is 0 Å². The molecular weight excluding hydrogens is 248 g/mol. The summed E-state index contributed by atoms with van der Waals surface area (Å²) < 4.78 is 6.11. The first kappa shape index (κ1) is 13.2. The van der Waals surface area contributed by atoms with E-state index in [0.717, 1.165) is 30.6 Å². The molecule has 20 heavy (non-hydrogen) atoms. The van der Waals surface area contributed by atoms with Gasteiger partial charge in [0.2, 0.25) is 0 Å². The molecule has 0 radical (unpaired) electrons. The van der Waals surface area contributed by atoms with Crippen LogP contribution in [-0.4, -0.2) is 11.6 Å². The Bertz CT molecular complexity index is 429. The van der Waals surface area contributed by atoms with Gasteiger partial charge < -0.3 is 4.74 Å². The van der Waals surface area contributed by atoms with Crippen LogP contribution in [0.1, 0.15) is 59.3 Å². The Hall–Kier alpha value is -0.530. The molecule has 2 nitrogen and oxygen atoms in total. The van der Waals surface area contributed by atoms with Crippen LogP contribution in [0.2, 0.25) is 0 Å². The molecule has 0 aliphatic heterocycles. The number of rotatable bonds is 2. The Morgan fingerprint density at radius 2 is 1.90 bits per heavy atom. The molecule has 0 N–H and O–H groups in total. The van der Waals surface area contributed by atoms with Crippen molar-refractivity contribution in [2.24, 2.45) is 41.4 Å². The molecule has 4 bridgehead atoms. The zero-order valence-corrected chi connectivity index (χ0v) is 13.1. The van der Waals surface area contributed by atoms with Crippen LogP contribution in [0.4, 0.5) is 0 Å². The van der Waals surface area contributed by atoms with E-state index < -0.39 is 0 Å². The molecule has 4 rings (SSSR count). The predicted octanol–water partition coefficient (Wildman–Crippen LogP) is 4.04. The Balaban J connectivity index is 1.45. The maximum Gasteiger partial charge on any atom is 0.309 e. The van der Waals surface area contributed by atoms with Crippen LogP contribution in [0.5, 0.6) is 0 Å². The molecule has 0 aromatic rings. The van der Waals surface area contributed by atoms with Crippen molar-refractivity contribution in [1.29, 1.82) is 0 Å². The van der Waals surface area contributed by atoms with Crippen LogP contribution in [0.15, 0.2) is 0 Å². The van der Waals surface area contributed by atoms with Gasteiger partial charge in [-0.3, -0.25) is 4.79 Å². The van der Waals surface area contributed by atoms with Gasteiger partial charge in [0.1, 0.15) is 5.60 Å². The highest BCUT2D eigenvalue weighted by molar-refractivity contribution is 5.74. The van der Waals surface area contributed by atoms with E-state index in [1.54, 1.807) is 0 Å². The summed E-state index contributed by atoms with van der Waals surface area (Å²) in [5, 5.41) is 0. The summed E-state index contributed by atoms with van der Waals surface area (Å²) in [7, 11) is 0. The molecular formula is C18H28O2. The predicted molar refractivity (Wildman–Crippen MR) is 78.0 cm³/mol. The Morgan fingerprint density at radius 3 is 2.45 bits per heavy atom. The SMILES string of the molecule is CC1C2CC(C(=O)OC3(C)CC4CCC3C4)C(C2)C1C. The van der Waals surface area contributed by atoms with Crippen LogP contribution < -0.4 is 0 Å². The maximum absolute atomic E-state index is 12.7. The second kappa shape index (κ2) is 4.24. The molecule has 8 unspecified atom stereocenters. The average Bonchev–Trinajstić information content (AvgIpc) is 3.11. The van der Waals surface area contributed by atoms with Gasteiger partial charge in [-0.1, -0.05) is 13.8 Å². The van der Waals surface area contributed by atoms with E-state index in [0.29, 0.717) is 17.8 Å². The maximum atomic E-state index is 12.7. The molecule has 4 aliphatic carbocycles. The van der Waals surface area contributed by atoms with E-state index in [4.69, 9.17) is 4.74 Å². The molecule has 0 aromatic carbocycles. The lowest BCUT2D eigenvalue weighted by Gasteiger charge is -2.37. The van der Waals surface area contributed by atoms with E-state index in [-0.39, 0.29) is 17.5 Å². The van der Waals surface area contributed by atoms with Crippen molar-refractivity contribution in [2.75, 3.05) is 0 Å². The largest absolute Gasteiger partial charge is 0.459 e. The summed E-state index contributed by atoms with van der Waals surface area (Å²) >= 11 is 0. The first-order valence-electron chi connectivity index (χ1n) is 8.71. The van der Waals surface area contributed by atoms with Crippen molar-refractivity contribution in [3.8, 4) is 0 Å². The summed E-state index contributed by atoms with van der Waals surface area (Å²) in [6, 6.07) is 0. The Morgan fingerprint density at radius 1 is 1.10 bits per heavy atom. The first-order valence-corrected chi connectivity index (χ1v) is 8.71. The van der Waals surface area contributed by atoms with Crippen molar-refractivity contribution >= 4 is 5.97 Å². The molecule has 8 atom stereocenters. The zero-order chi connectivity index (χ0) is 14.1. The van der Waals surface area contributed by atoms with Gasteiger partial charge in [0.25, 0.3) is 0 Å². The molecule has 0 aromatic heterocycles. The fraction of sp³-hybridized carbons (Fsp3) is 0.944. The average molecular weight is 276 g/mol. The zero-order valence-electron chi connectivity index (χ0n) is 13.1. The highest BCUT2D eigenvalue weighted by Gasteiger charge is 2.55. The van der Waals surface area contributed by atoms with Gasteiger partial charge in [-0.15, -0.1) is 0 Å². The van der Waals surface area contributed by atoms with Crippen molar-refractivity contribution in [2.45, 2.75) is 64.9 Å². The van der Waals surface area contributed by atoms with Crippen LogP contribution in [0.3, 0.4) is 0 Å². The van der Waals surface area contributed by atoms with E-state index in [2.05, 4.69) is 20.8 Å². The van der Waals surface area contributed by atoms with E-state index in [9.17, 15) is 4.79 Å². The highest BCUT2D eigenvalue weighted by Crippen LogP contribution is 2.57. The van der Waals surface area contributed by atoms with E-state index in [1.807, 2.05) is 0 Å². The molecule has 112 valence electrons. The minimum Gasteiger partial charge on any atom is -0.459 e. The number of carbonyl (C=O) groups excluding carboxylic acids is 1. The summed E-state index contributed by atoms with van der Waals surface area (Å²) in [5.74, 6) is 4.72. The second-order valence-corrected chi connectivity index (χ2v) is 8.53. The Labute approximate surface area is 122 Å². The summed E-state index contributed by atoms with van der Waals surface area (Å²) in [6.45, 7) is 6.91. The van der Waals surface area contributed by atoms with Crippen LogP contribution in [0, 0.1) is 41.4 Å². The molecule has 0 heterocycles. The third-order valence-corrected chi connectivity index (χ3v) is 7.63. The molecule has 4 aliphatic rings. The van der Waals surface area contributed by atoms with Gasteiger partial charge in [-0.2, -0.15) is 0 Å². The van der Waals surface area contributed by atoms with Crippen molar-refractivity contribution < 1.29 is 9.53 Å². The standard InChI is InChI=1S/C18H28O2/c1-10-11(2)15-7-13(10)8-16(15)17(19)20-18(3)9-12-4-5-14(18)6-12/h10-16H,4-9H2,1-3H3. The minimum atomic E-state index is -0.128. The number of ether oxygens (including phenoxy) is 1. The fourth-order valence-corrected chi connectivity index (χ4v) is 6.20. The number of fused-ring (bicyclic) bond motifs is 4. The van der Waals surface area contributed by atoms with Crippen LogP contribution in [0.25, 0.3) is 0 Å². The molecule has 4 saturated carbocycles. The molecule has 0 amide bonds. The van der Waals surface area contributed by atoms with Gasteiger partial charge in [-0.05, 0) is 81.0 Å². The lowest BCUT2D eigenvalue weighted by atomic mass is 9.75. The van der Waals surface area contributed by atoms with Crippen molar-refractivity contribution in [1.82, 2.24) is 0 Å². The summed E-state index contributed by atoms with van der Waals surface area (Å²) in [4.78, 5) is 12.7. The number of carbonyl (C=O) groups is 1. The number of esters is 1. The van der Waals surface area contributed by atoms with Crippen LogP contribution in [-0.2, 0) is 9.53 Å². The summed E-state index contributed by atoms with van der Waals surface area (Å²) in [5.41, 5.74) is -0.128. The van der Waals surface area contributed by atoms with Crippen molar-refractivity contribution in [3.63, 3.8) is 0 Å². The van der Waals surface area contributed by atoms with Gasteiger partial charge in [0.15, 0.2) is 0 Å². The van der Waals surface area contributed by atoms with Gasteiger partial charge in [0, 0.05) is 0 Å². The fourth-order valence-electron chi connectivity index (χ4n) is 6.20. The van der Waals surface area contributed by atoms with Gasteiger partial charge in [0.05, 0.1) is 5.92 Å². The second-order valence-electron chi connectivity index (χ2n) is 8.53. The van der Waals surface area contributed by atoms with E-state index in [1.165, 1.54) is 25.7 Å². The number of hydrogen-bond acceptors (Lipinski definition) is 2. The highest BCUT2D eigenvalue weighted by atomic mass is 16.6. The molecule has 2 heteroatoms. The normalized spacial score (nSPS) is 56.5. The Kier molecular flexibility index (Phi) is 2.79. The van der Waals surface area contributed by atoms with Gasteiger partial charge in [-0.25, -0.2) is 0 Å². The summed E-state index contributed by atoms with van der Waals surface area (Å²) in [6.07, 6.45) is 7.42. The van der Waals surface area contributed by atoms with Crippen molar-refractivity contribution in [3.05, 3.63) is 0 Å². The smallest absolute Gasteiger partial charge is 0.309 e. The lowest BCUT2D eigenvalue weighted by molar-refractivity contribution is -0.171. The third-order valence-electron chi connectivity index (χ3n) is 7.63. The monoisotopic (exact) mass is 276 g/mol. The molecule has 4 fully saturated rings. The molecule has 0 saturated heterocycles. The lowest BCUT2D eigenvalue weighted by Crippen LogP contribution is -2.41. The quantitative estimate of drug-likeness (QED) is 0.712. The molecule has 0 spiro atoms. The topological polar surface area (TPSA) is 26.3 Å². The van der Waals surface area contributed by atoms with Crippen LogP contribution >= 0.6 is 0 Å². The minimum absolute atomic E-state index is 0.128.